The van der Waals surface area contributed by atoms with Crippen LogP contribution in [-0.2, 0) is 0 Å². The highest BCUT2D eigenvalue weighted by atomic mass is 15.4. The molecule has 0 saturated heterocycles. The quantitative estimate of drug-likeness (QED) is 0.765. The lowest BCUT2D eigenvalue weighted by atomic mass is 9.90. The van der Waals surface area contributed by atoms with E-state index >= 15 is 0 Å². The third-order valence-corrected chi connectivity index (χ3v) is 3.18. The van der Waals surface area contributed by atoms with Gasteiger partial charge in [0.05, 0.1) is 11.7 Å². The van der Waals surface area contributed by atoms with Gasteiger partial charge in [-0.1, -0.05) is 44.9 Å². The van der Waals surface area contributed by atoms with Crippen molar-refractivity contribution in [3.63, 3.8) is 0 Å². The van der Waals surface area contributed by atoms with E-state index in [1.54, 1.807) is 0 Å². The average Bonchev–Trinajstić information content (AvgIpc) is 2.65. The number of hydrogen-bond acceptors (Lipinski definition) is 2. The fraction of sp³-hybridized carbons (Fsp3) is 0.500. The Morgan fingerprint density at radius 1 is 1.21 bits per heavy atom. The van der Waals surface area contributed by atoms with E-state index in [-0.39, 0.29) is 0 Å². The van der Waals surface area contributed by atoms with Crippen molar-refractivity contribution in [2.24, 2.45) is 5.92 Å². The molecule has 0 amide bonds. The molecule has 1 aromatic rings. The molecule has 1 unspecified atom stereocenters. The third kappa shape index (κ3) is 1.50. The van der Waals surface area contributed by atoms with Gasteiger partial charge >= 0.3 is 0 Å². The normalized spacial score (nSPS) is 19.5. The number of para-hydroxylation sites is 1. The van der Waals surface area contributed by atoms with Crippen LogP contribution in [0.15, 0.2) is 24.3 Å². The molecule has 0 aliphatic carbocycles. The van der Waals surface area contributed by atoms with Crippen molar-refractivity contribution < 1.29 is 0 Å². The van der Waals surface area contributed by atoms with Gasteiger partial charge in [0.2, 0.25) is 0 Å². The fourth-order valence-electron chi connectivity index (χ4n) is 2.25. The van der Waals surface area contributed by atoms with Crippen molar-refractivity contribution in [3.05, 3.63) is 29.8 Å². The molecule has 76 valence electrons. The van der Waals surface area contributed by atoms with E-state index in [2.05, 4.69) is 49.0 Å². The molecule has 0 bridgehead atoms. The molecule has 0 saturated carbocycles. The second kappa shape index (κ2) is 4.01. The predicted octanol–water partition coefficient (Wildman–Crippen LogP) is 3.09. The standard InChI is InChI=1S/C12H18N2/c1-3-9(4-2)12-10-7-5-6-8-11(10)13-14-12/h5-9,12-14H,3-4H2,1-2H3. The Morgan fingerprint density at radius 3 is 2.64 bits per heavy atom. The van der Waals surface area contributed by atoms with Gasteiger partial charge < -0.3 is 5.43 Å². The van der Waals surface area contributed by atoms with Crippen LogP contribution in [0.25, 0.3) is 0 Å². The lowest BCUT2D eigenvalue weighted by molar-refractivity contribution is 0.372. The molecule has 1 heterocycles. The molecular weight excluding hydrogens is 172 g/mol. The minimum atomic E-state index is 0.487. The van der Waals surface area contributed by atoms with Crippen LogP contribution >= 0.6 is 0 Å². The van der Waals surface area contributed by atoms with E-state index in [0.717, 1.165) is 5.92 Å². The van der Waals surface area contributed by atoms with Gasteiger partial charge in [0.1, 0.15) is 0 Å². The maximum atomic E-state index is 3.37. The van der Waals surface area contributed by atoms with Gasteiger partial charge in [-0.25, -0.2) is 5.43 Å². The second-order valence-electron chi connectivity index (χ2n) is 3.91. The zero-order chi connectivity index (χ0) is 9.97. The smallest absolute Gasteiger partial charge is 0.0558 e. The molecule has 2 N–H and O–H groups in total. The molecule has 0 fully saturated rings. The molecule has 0 aromatic heterocycles. The summed E-state index contributed by atoms with van der Waals surface area (Å²) in [5.41, 5.74) is 9.28. The molecule has 0 radical (unpaired) electrons. The largest absolute Gasteiger partial charge is 0.321 e. The summed E-state index contributed by atoms with van der Waals surface area (Å²) in [6.07, 6.45) is 2.45. The number of rotatable bonds is 3. The number of fused-ring (bicyclic) bond motifs is 1. The van der Waals surface area contributed by atoms with Crippen molar-refractivity contribution in [2.45, 2.75) is 32.7 Å². The maximum Gasteiger partial charge on any atom is 0.0558 e. The van der Waals surface area contributed by atoms with Crippen molar-refractivity contribution >= 4 is 5.69 Å². The Labute approximate surface area is 85.7 Å². The fourth-order valence-corrected chi connectivity index (χ4v) is 2.25. The SMILES string of the molecule is CCC(CC)C1NNc2ccccc21. The average molecular weight is 190 g/mol. The van der Waals surface area contributed by atoms with Crippen molar-refractivity contribution in [2.75, 3.05) is 5.43 Å². The molecule has 0 spiro atoms. The summed E-state index contributed by atoms with van der Waals surface area (Å²) in [5.74, 6) is 0.728. The highest BCUT2D eigenvalue weighted by Gasteiger charge is 2.26. The molecule has 1 atom stereocenters. The van der Waals surface area contributed by atoms with Crippen LogP contribution in [0, 0.1) is 5.92 Å². The van der Waals surface area contributed by atoms with Crippen LogP contribution in [0.2, 0.25) is 0 Å². The van der Waals surface area contributed by atoms with Gasteiger partial charge in [0, 0.05) is 0 Å². The van der Waals surface area contributed by atoms with Crippen LogP contribution in [0.4, 0.5) is 5.69 Å². The molecule has 2 heteroatoms. The van der Waals surface area contributed by atoms with Crippen molar-refractivity contribution in [1.29, 1.82) is 0 Å². The third-order valence-electron chi connectivity index (χ3n) is 3.18. The van der Waals surface area contributed by atoms with E-state index in [1.165, 1.54) is 24.1 Å². The van der Waals surface area contributed by atoms with E-state index in [9.17, 15) is 0 Å². The van der Waals surface area contributed by atoms with Gasteiger partial charge in [-0.05, 0) is 17.5 Å². The Morgan fingerprint density at radius 2 is 1.93 bits per heavy atom. The van der Waals surface area contributed by atoms with Crippen LogP contribution < -0.4 is 10.9 Å². The zero-order valence-electron chi connectivity index (χ0n) is 8.88. The predicted molar refractivity (Wildman–Crippen MR) is 60.0 cm³/mol. The number of nitrogens with one attached hydrogen (secondary N) is 2. The number of anilines is 1. The molecule has 1 aliphatic rings. The second-order valence-corrected chi connectivity index (χ2v) is 3.91. The summed E-state index contributed by atoms with van der Waals surface area (Å²) < 4.78 is 0. The first-order valence-corrected chi connectivity index (χ1v) is 5.47. The summed E-state index contributed by atoms with van der Waals surface area (Å²) in [6, 6.07) is 9.02. The van der Waals surface area contributed by atoms with E-state index in [1.807, 2.05) is 0 Å². The first kappa shape index (κ1) is 9.53. The molecule has 1 aromatic carbocycles. The summed E-state index contributed by atoms with van der Waals surface area (Å²) in [4.78, 5) is 0. The minimum Gasteiger partial charge on any atom is -0.321 e. The van der Waals surface area contributed by atoms with E-state index < -0.39 is 0 Å². The van der Waals surface area contributed by atoms with Crippen molar-refractivity contribution in [1.82, 2.24) is 5.43 Å². The van der Waals surface area contributed by atoms with Gasteiger partial charge in [-0.3, -0.25) is 0 Å². The number of hydrogen-bond donors (Lipinski definition) is 2. The summed E-state index contributed by atoms with van der Waals surface area (Å²) in [7, 11) is 0. The van der Waals surface area contributed by atoms with Gasteiger partial charge in [-0.2, -0.15) is 0 Å². The molecule has 2 nitrogen and oxygen atoms in total. The maximum absolute atomic E-state index is 3.37. The highest BCUT2D eigenvalue weighted by Crippen LogP contribution is 2.35. The lowest BCUT2D eigenvalue weighted by Gasteiger charge is -2.20. The summed E-state index contributed by atoms with van der Waals surface area (Å²) >= 11 is 0. The Kier molecular flexibility index (Phi) is 2.73. The van der Waals surface area contributed by atoms with E-state index in [0.29, 0.717) is 6.04 Å². The number of hydrazine groups is 1. The van der Waals surface area contributed by atoms with Crippen molar-refractivity contribution in [3.8, 4) is 0 Å². The Bertz CT molecular complexity index is 305. The monoisotopic (exact) mass is 190 g/mol. The summed E-state index contributed by atoms with van der Waals surface area (Å²) in [6.45, 7) is 4.52. The molecule has 2 rings (SSSR count). The van der Waals surface area contributed by atoms with Gasteiger partial charge in [0.25, 0.3) is 0 Å². The van der Waals surface area contributed by atoms with Gasteiger partial charge in [0.15, 0.2) is 0 Å². The van der Waals surface area contributed by atoms with Crippen LogP contribution in [0.1, 0.15) is 38.3 Å². The number of benzene rings is 1. The first-order valence-electron chi connectivity index (χ1n) is 5.47. The summed E-state index contributed by atoms with van der Waals surface area (Å²) in [5, 5.41) is 0. The lowest BCUT2D eigenvalue weighted by Crippen LogP contribution is -2.25. The molecular formula is C12H18N2. The van der Waals surface area contributed by atoms with E-state index in [4.69, 9.17) is 0 Å². The first-order chi connectivity index (χ1) is 6.86. The van der Waals surface area contributed by atoms with Crippen LogP contribution in [-0.4, -0.2) is 0 Å². The zero-order valence-corrected chi connectivity index (χ0v) is 8.88. The minimum absolute atomic E-state index is 0.487. The highest BCUT2D eigenvalue weighted by molar-refractivity contribution is 5.55. The van der Waals surface area contributed by atoms with Crippen LogP contribution in [0.5, 0.6) is 0 Å². The molecule has 1 aliphatic heterocycles. The van der Waals surface area contributed by atoms with Gasteiger partial charge in [-0.15, -0.1) is 0 Å². The topological polar surface area (TPSA) is 24.1 Å². The van der Waals surface area contributed by atoms with Crippen LogP contribution in [0.3, 0.4) is 0 Å². The Hall–Kier alpha value is -1.02. The molecule has 14 heavy (non-hydrogen) atoms. The Balaban J connectivity index is 2.25.